The first-order chi connectivity index (χ1) is 8.72. The molecule has 0 spiro atoms. The lowest BCUT2D eigenvalue weighted by Crippen LogP contribution is -2.15. The third kappa shape index (κ3) is 2.33. The summed E-state index contributed by atoms with van der Waals surface area (Å²) in [4.78, 5) is 4.16. The monoisotopic (exact) mass is 249 g/mol. The van der Waals surface area contributed by atoms with Gasteiger partial charge in [-0.2, -0.15) is 4.98 Å². The SMILES string of the molecule is Oc1ccc(-c2noc(CNC3CC3)n2)cc1F. The van der Waals surface area contributed by atoms with Crippen LogP contribution >= 0.6 is 0 Å². The van der Waals surface area contributed by atoms with Crippen molar-refractivity contribution in [1.29, 1.82) is 0 Å². The molecule has 0 aliphatic heterocycles. The van der Waals surface area contributed by atoms with Crippen molar-refractivity contribution in [3.05, 3.63) is 29.9 Å². The van der Waals surface area contributed by atoms with E-state index >= 15 is 0 Å². The molecule has 18 heavy (non-hydrogen) atoms. The maximum Gasteiger partial charge on any atom is 0.240 e. The fourth-order valence-electron chi connectivity index (χ4n) is 1.61. The zero-order valence-electron chi connectivity index (χ0n) is 9.56. The van der Waals surface area contributed by atoms with E-state index in [9.17, 15) is 4.39 Å². The highest BCUT2D eigenvalue weighted by molar-refractivity contribution is 5.55. The predicted molar refractivity (Wildman–Crippen MR) is 61.2 cm³/mol. The van der Waals surface area contributed by atoms with E-state index in [2.05, 4.69) is 15.5 Å². The van der Waals surface area contributed by atoms with Crippen molar-refractivity contribution in [2.45, 2.75) is 25.4 Å². The number of phenols is 1. The normalized spacial score (nSPS) is 14.9. The minimum Gasteiger partial charge on any atom is -0.505 e. The van der Waals surface area contributed by atoms with Gasteiger partial charge in [0.05, 0.1) is 6.54 Å². The van der Waals surface area contributed by atoms with E-state index in [-0.39, 0.29) is 0 Å². The highest BCUT2D eigenvalue weighted by atomic mass is 19.1. The van der Waals surface area contributed by atoms with E-state index in [1.54, 1.807) is 6.07 Å². The Bertz CT molecular complexity index is 566. The Kier molecular flexibility index (Phi) is 2.71. The Morgan fingerprint density at radius 1 is 1.44 bits per heavy atom. The Hall–Kier alpha value is -1.95. The highest BCUT2D eigenvalue weighted by Gasteiger charge is 2.21. The quantitative estimate of drug-likeness (QED) is 0.865. The zero-order chi connectivity index (χ0) is 12.5. The summed E-state index contributed by atoms with van der Waals surface area (Å²) < 4.78 is 18.2. The molecule has 1 fully saturated rings. The van der Waals surface area contributed by atoms with Crippen molar-refractivity contribution in [3.8, 4) is 17.1 Å². The molecule has 1 aromatic carbocycles. The lowest BCUT2D eigenvalue weighted by molar-refractivity contribution is 0.367. The van der Waals surface area contributed by atoms with Gasteiger partial charge in [-0.25, -0.2) is 4.39 Å². The maximum absolute atomic E-state index is 13.2. The Morgan fingerprint density at radius 3 is 3.00 bits per heavy atom. The van der Waals surface area contributed by atoms with Crippen LogP contribution < -0.4 is 5.32 Å². The van der Waals surface area contributed by atoms with Gasteiger partial charge in [-0.15, -0.1) is 0 Å². The van der Waals surface area contributed by atoms with E-state index in [4.69, 9.17) is 9.63 Å². The van der Waals surface area contributed by atoms with Gasteiger partial charge in [-0.05, 0) is 31.0 Å². The van der Waals surface area contributed by atoms with Crippen LogP contribution in [0.1, 0.15) is 18.7 Å². The molecule has 0 radical (unpaired) electrons. The minimum absolute atomic E-state index is 0.321. The minimum atomic E-state index is -0.699. The molecule has 0 unspecified atom stereocenters. The van der Waals surface area contributed by atoms with Gasteiger partial charge in [0.1, 0.15) is 0 Å². The van der Waals surface area contributed by atoms with Crippen LogP contribution in [0.2, 0.25) is 0 Å². The van der Waals surface area contributed by atoms with Gasteiger partial charge in [0.25, 0.3) is 0 Å². The summed E-state index contributed by atoms with van der Waals surface area (Å²) in [6, 6.07) is 4.55. The number of halogens is 1. The Morgan fingerprint density at radius 2 is 2.28 bits per heavy atom. The number of benzene rings is 1. The zero-order valence-corrected chi connectivity index (χ0v) is 9.56. The molecule has 2 aromatic rings. The predicted octanol–water partition coefficient (Wildman–Crippen LogP) is 1.83. The van der Waals surface area contributed by atoms with Gasteiger partial charge in [-0.3, -0.25) is 0 Å². The lowest BCUT2D eigenvalue weighted by Gasteiger charge is -1.97. The second-order valence-corrected chi connectivity index (χ2v) is 4.33. The molecule has 0 atom stereocenters. The van der Waals surface area contributed by atoms with Crippen molar-refractivity contribution in [1.82, 2.24) is 15.5 Å². The smallest absolute Gasteiger partial charge is 0.240 e. The molecule has 5 nitrogen and oxygen atoms in total. The van der Waals surface area contributed by atoms with E-state index < -0.39 is 11.6 Å². The molecule has 0 amide bonds. The van der Waals surface area contributed by atoms with Crippen LogP contribution in [0, 0.1) is 5.82 Å². The lowest BCUT2D eigenvalue weighted by atomic mass is 10.2. The summed E-state index contributed by atoms with van der Waals surface area (Å²) in [7, 11) is 0. The molecule has 3 rings (SSSR count). The molecule has 1 aliphatic rings. The van der Waals surface area contributed by atoms with E-state index in [0.29, 0.717) is 29.9 Å². The maximum atomic E-state index is 13.2. The molecule has 0 bridgehead atoms. The van der Waals surface area contributed by atoms with Gasteiger partial charge in [0.15, 0.2) is 11.6 Å². The van der Waals surface area contributed by atoms with Crippen molar-refractivity contribution in [2.24, 2.45) is 0 Å². The van der Waals surface area contributed by atoms with Crippen LogP contribution in [0.3, 0.4) is 0 Å². The molecule has 1 saturated carbocycles. The Balaban J connectivity index is 1.76. The summed E-state index contributed by atoms with van der Waals surface area (Å²) >= 11 is 0. The molecular weight excluding hydrogens is 237 g/mol. The second kappa shape index (κ2) is 4.38. The Labute approximate surface area is 103 Å². The van der Waals surface area contributed by atoms with Crippen molar-refractivity contribution in [2.75, 3.05) is 0 Å². The van der Waals surface area contributed by atoms with Gasteiger partial charge >= 0.3 is 0 Å². The van der Waals surface area contributed by atoms with E-state index in [0.717, 1.165) is 0 Å². The number of nitrogens with zero attached hydrogens (tertiary/aromatic N) is 2. The van der Waals surface area contributed by atoms with Crippen LogP contribution in [-0.2, 0) is 6.54 Å². The molecule has 6 heteroatoms. The standard InChI is InChI=1S/C12H12FN3O2/c13-9-5-7(1-4-10(9)17)12-15-11(18-16-12)6-14-8-2-3-8/h1,4-5,8,14,17H,2-3,6H2. The first kappa shape index (κ1) is 11.2. The summed E-state index contributed by atoms with van der Waals surface area (Å²) in [5.74, 6) is -0.292. The van der Waals surface area contributed by atoms with Crippen LogP contribution in [-0.4, -0.2) is 21.3 Å². The van der Waals surface area contributed by atoms with Crippen molar-refractivity contribution in [3.63, 3.8) is 0 Å². The number of phenolic OH excluding ortho intramolecular Hbond substituents is 1. The summed E-state index contributed by atoms with van der Waals surface area (Å²) in [5, 5.41) is 16.1. The highest BCUT2D eigenvalue weighted by Crippen LogP contribution is 2.23. The van der Waals surface area contributed by atoms with Crippen molar-refractivity contribution < 1.29 is 14.0 Å². The number of aromatic hydroxyl groups is 1. The average Bonchev–Trinajstić information content (AvgIpc) is 3.08. The van der Waals surface area contributed by atoms with Crippen LogP contribution in [0.4, 0.5) is 4.39 Å². The van der Waals surface area contributed by atoms with Crippen LogP contribution in [0.25, 0.3) is 11.4 Å². The summed E-state index contributed by atoms with van der Waals surface area (Å²) in [5.41, 5.74) is 0.478. The summed E-state index contributed by atoms with van der Waals surface area (Å²) in [6.07, 6.45) is 2.37. The molecular formula is C12H12FN3O2. The first-order valence-electron chi connectivity index (χ1n) is 5.77. The molecule has 1 aliphatic carbocycles. The number of hydrogen-bond acceptors (Lipinski definition) is 5. The second-order valence-electron chi connectivity index (χ2n) is 4.33. The molecule has 2 N–H and O–H groups in total. The molecule has 0 saturated heterocycles. The van der Waals surface area contributed by atoms with E-state index in [1.807, 2.05) is 0 Å². The third-order valence-corrected chi connectivity index (χ3v) is 2.79. The van der Waals surface area contributed by atoms with Crippen molar-refractivity contribution >= 4 is 0 Å². The molecule has 94 valence electrons. The van der Waals surface area contributed by atoms with Crippen LogP contribution in [0.15, 0.2) is 22.7 Å². The van der Waals surface area contributed by atoms with Crippen LogP contribution in [0.5, 0.6) is 5.75 Å². The number of hydrogen-bond donors (Lipinski definition) is 2. The van der Waals surface area contributed by atoms with E-state index in [1.165, 1.54) is 25.0 Å². The third-order valence-electron chi connectivity index (χ3n) is 2.79. The topological polar surface area (TPSA) is 71.2 Å². The number of nitrogens with one attached hydrogen (secondary N) is 1. The number of aromatic nitrogens is 2. The fourth-order valence-corrected chi connectivity index (χ4v) is 1.61. The van der Waals surface area contributed by atoms with Gasteiger partial charge in [0.2, 0.25) is 11.7 Å². The number of rotatable bonds is 4. The summed E-state index contributed by atoms with van der Waals surface area (Å²) in [6.45, 7) is 0.526. The largest absolute Gasteiger partial charge is 0.505 e. The molecule has 1 aromatic heterocycles. The fraction of sp³-hybridized carbons (Fsp3) is 0.333. The van der Waals surface area contributed by atoms with Gasteiger partial charge in [-0.1, -0.05) is 5.16 Å². The molecule has 1 heterocycles. The first-order valence-corrected chi connectivity index (χ1v) is 5.77. The van der Waals surface area contributed by atoms with Gasteiger partial charge < -0.3 is 14.9 Å². The average molecular weight is 249 g/mol. The van der Waals surface area contributed by atoms with Gasteiger partial charge in [0, 0.05) is 11.6 Å².